The molecule has 3 N–H and O–H groups in total. The van der Waals surface area contributed by atoms with Crippen LogP contribution in [0.15, 0.2) is 10.9 Å². The largest absolute Gasteiger partial charge is 0.341 e. The van der Waals surface area contributed by atoms with Crippen molar-refractivity contribution in [3.05, 3.63) is 16.6 Å². The number of hydrogen-bond donors (Lipinski definition) is 2. The van der Waals surface area contributed by atoms with Gasteiger partial charge in [0.25, 0.3) is 0 Å². The number of nitrogens with two attached hydrogens (primary N) is 1. The van der Waals surface area contributed by atoms with E-state index in [1.807, 2.05) is 27.7 Å². The number of nitrogen functional groups attached to an aromatic ring is 1. The highest BCUT2D eigenvalue weighted by Crippen LogP contribution is 2.17. The van der Waals surface area contributed by atoms with Crippen LogP contribution in [0.3, 0.4) is 0 Å². The monoisotopic (exact) mass is 308 g/mol. The highest BCUT2D eigenvalue weighted by atomic mass is 32.1. The van der Waals surface area contributed by atoms with Gasteiger partial charge in [0, 0.05) is 25.5 Å². The molecule has 0 saturated carbocycles. The standard InChI is InChI=1S/C12H20N8S/c1-4-20(5-2)12-16-10(18-13)15-11(17-12)19(3)6-9-7-21-8-14-9/h7-8H,4-6,13H2,1-3H3,(H,15,16,17,18). The summed E-state index contributed by atoms with van der Waals surface area (Å²) < 4.78 is 0. The van der Waals surface area contributed by atoms with Gasteiger partial charge in [-0.25, -0.2) is 10.8 Å². The van der Waals surface area contributed by atoms with Crippen molar-refractivity contribution in [2.45, 2.75) is 20.4 Å². The van der Waals surface area contributed by atoms with Crippen LogP contribution in [0.4, 0.5) is 17.8 Å². The van der Waals surface area contributed by atoms with Gasteiger partial charge in [-0.15, -0.1) is 11.3 Å². The van der Waals surface area contributed by atoms with Crippen molar-refractivity contribution in [1.82, 2.24) is 19.9 Å². The smallest absolute Gasteiger partial charge is 0.243 e. The van der Waals surface area contributed by atoms with Crippen molar-refractivity contribution in [1.29, 1.82) is 0 Å². The zero-order chi connectivity index (χ0) is 15.2. The molecule has 0 radical (unpaired) electrons. The van der Waals surface area contributed by atoms with E-state index >= 15 is 0 Å². The van der Waals surface area contributed by atoms with Gasteiger partial charge in [-0.3, -0.25) is 5.43 Å². The van der Waals surface area contributed by atoms with Crippen LogP contribution in [-0.4, -0.2) is 40.1 Å². The molecule has 0 aromatic carbocycles. The van der Waals surface area contributed by atoms with Crippen LogP contribution in [0, 0.1) is 0 Å². The van der Waals surface area contributed by atoms with E-state index in [2.05, 4.69) is 39.2 Å². The first kappa shape index (κ1) is 15.4. The molecule has 0 fully saturated rings. The Labute approximate surface area is 128 Å². The molecule has 0 atom stereocenters. The third-order valence-electron chi connectivity index (χ3n) is 3.01. The lowest BCUT2D eigenvalue weighted by molar-refractivity contribution is 0.787. The summed E-state index contributed by atoms with van der Waals surface area (Å²) >= 11 is 1.57. The molecule has 2 rings (SSSR count). The van der Waals surface area contributed by atoms with E-state index in [0.717, 1.165) is 18.8 Å². The number of anilines is 3. The Hall–Kier alpha value is -2.00. The van der Waals surface area contributed by atoms with Gasteiger partial charge in [0.15, 0.2) is 0 Å². The first-order valence-electron chi connectivity index (χ1n) is 6.73. The lowest BCUT2D eigenvalue weighted by Gasteiger charge is -2.22. The number of thiazole rings is 1. The fourth-order valence-electron chi connectivity index (χ4n) is 1.87. The summed E-state index contributed by atoms with van der Waals surface area (Å²) in [6.45, 7) is 6.39. The van der Waals surface area contributed by atoms with Gasteiger partial charge in [0.2, 0.25) is 17.8 Å². The predicted molar refractivity (Wildman–Crippen MR) is 85.4 cm³/mol. The molecule has 9 heteroatoms. The van der Waals surface area contributed by atoms with Crippen molar-refractivity contribution in [2.24, 2.45) is 5.84 Å². The van der Waals surface area contributed by atoms with Crippen LogP contribution in [0.2, 0.25) is 0 Å². The maximum absolute atomic E-state index is 5.46. The number of hydrogen-bond acceptors (Lipinski definition) is 9. The molecule has 114 valence electrons. The molecule has 8 nitrogen and oxygen atoms in total. The van der Waals surface area contributed by atoms with E-state index in [0.29, 0.717) is 24.4 Å². The Kier molecular flexibility index (Phi) is 5.23. The molecule has 0 unspecified atom stereocenters. The van der Waals surface area contributed by atoms with E-state index in [9.17, 15) is 0 Å². The fourth-order valence-corrected chi connectivity index (χ4v) is 2.42. The van der Waals surface area contributed by atoms with Crippen molar-refractivity contribution in [2.75, 3.05) is 35.4 Å². The van der Waals surface area contributed by atoms with Crippen LogP contribution in [0.25, 0.3) is 0 Å². The van der Waals surface area contributed by atoms with Crippen LogP contribution < -0.4 is 21.1 Å². The summed E-state index contributed by atoms with van der Waals surface area (Å²) in [4.78, 5) is 21.3. The minimum Gasteiger partial charge on any atom is -0.341 e. The predicted octanol–water partition coefficient (Wildman–Crippen LogP) is 1.10. The van der Waals surface area contributed by atoms with Crippen LogP contribution in [0.1, 0.15) is 19.5 Å². The van der Waals surface area contributed by atoms with Crippen molar-refractivity contribution in [3.63, 3.8) is 0 Å². The maximum Gasteiger partial charge on any atom is 0.243 e. The number of nitrogens with zero attached hydrogens (tertiary/aromatic N) is 6. The molecule has 0 amide bonds. The Morgan fingerprint density at radius 1 is 1.19 bits per heavy atom. The average molecular weight is 308 g/mol. The molecular formula is C12H20N8S. The van der Waals surface area contributed by atoms with Gasteiger partial charge in [-0.05, 0) is 13.8 Å². The Morgan fingerprint density at radius 3 is 2.48 bits per heavy atom. The zero-order valence-corrected chi connectivity index (χ0v) is 13.3. The number of hydrazine groups is 1. The van der Waals surface area contributed by atoms with Crippen molar-refractivity contribution < 1.29 is 0 Å². The summed E-state index contributed by atoms with van der Waals surface area (Å²) in [5.74, 6) is 6.99. The molecule has 0 aliphatic carbocycles. The molecule has 2 aromatic rings. The molecule has 0 bridgehead atoms. The van der Waals surface area contributed by atoms with Gasteiger partial charge >= 0.3 is 0 Å². The third kappa shape index (κ3) is 3.76. The van der Waals surface area contributed by atoms with Gasteiger partial charge < -0.3 is 9.80 Å². The number of nitrogens with one attached hydrogen (secondary N) is 1. The summed E-state index contributed by atoms with van der Waals surface area (Å²) in [7, 11) is 1.92. The van der Waals surface area contributed by atoms with Crippen LogP contribution in [0.5, 0.6) is 0 Å². The van der Waals surface area contributed by atoms with E-state index in [-0.39, 0.29) is 0 Å². The molecule has 2 heterocycles. The lowest BCUT2D eigenvalue weighted by atomic mass is 10.4. The normalized spacial score (nSPS) is 10.5. The van der Waals surface area contributed by atoms with E-state index in [1.54, 1.807) is 11.3 Å². The Balaban J connectivity index is 2.27. The first-order valence-corrected chi connectivity index (χ1v) is 7.68. The minimum absolute atomic E-state index is 0.354. The van der Waals surface area contributed by atoms with Gasteiger partial charge in [0.05, 0.1) is 17.7 Å². The summed E-state index contributed by atoms with van der Waals surface area (Å²) in [6.07, 6.45) is 0. The zero-order valence-electron chi connectivity index (χ0n) is 12.4. The van der Waals surface area contributed by atoms with E-state index in [4.69, 9.17) is 5.84 Å². The van der Waals surface area contributed by atoms with Gasteiger partial charge in [-0.1, -0.05) is 0 Å². The topological polar surface area (TPSA) is 96.1 Å². The molecule has 0 saturated heterocycles. The van der Waals surface area contributed by atoms with Crippen LogP contribution in [-0.2, 0) is 6.54 Å². The third-order valence-corrected chi connectivity index (χ3v) is 3.65. The first-order chi connectivity index (χ1) is 10.2. The maximum atomic E-state index is 5.46. The highest BCUT2D eigenvalue weighted by molar-refractivity contribution is 7.07. The number of aromatic nitrogens is 4. The number of rotatable bonds is 7. The average Bonchev–Trinajstić information content (AvgIpc) is 3.01. The summed E-state index contributed by atoms with van der Waals surface area (Å²) in [5.41, 5.74) is 5.29. The molecule has 0 aliphatic rings. The van der Waals surface area contributed by atoms with Gasteiger partial charge in [0.1, 0.15) is 0 Å². The van der Waals surface area contributed by atoms with Crippen molar-refractivity contribution >= 4 is 29.2 Å². The second-order valence-corrected chi connectivity index (χ2v) is 5.13. The molecule has 0 spiro atoms. The Morgan fingerprint density at radius 2 is 1.90 bits per heavy atom. The molecule has 2 aromatic heterocycles. The van der Waals surface area contributed by atoms with E-state index in [1.165, 1.54) is 0 Å². The second-order valence-electron chi connectivity index (χ2n) is 4.41. The summed E-state index contributed by atoms with van der Waals surface area (Å²) in [5, 5.41) is 2.01. The molecule has 21 heavy (non-hydrogen) atoms. The quantitative estimate of drug-likeness (QED) is 0.580. The molecule has 0 aliphatic heterocycles. The van der Waals surface area contributed by atoms with Crippen molar-refractivity contribution in [3.8, 4) is 0 Å². The van der Waals surface area contributed by atoms with Crippen LogP contribution >= 0.6 is 11.3 Å². The minimum atomic E-state index is 0.354. The van der Waals surface area contributed by atoms with Gasteiger partial charge in [-0.2, -0.15) is 15.0 Å². The SMILES string of the molecule is CCN(CC)c1nc(NN)nc(N(C)Cc2cscn2)n1. The molecular weight excluding hydrogens is 288 g/mol. The fraction of sp³-hybridized carbons (Fsp3) is 0.500. The summed E-state index contributed by atoms with van der Waals surface area (Å²) in [6, 6.07) is 0. The lowest BCUT2D eigenvalue weighted by Crippen LogP contribution is -2.28. The highest BCUT2D eigenvalue weighted by Gasteiger charge is 2.14. The second kappa shape index (κ2) is 7.14. The Bertz CT molecular complexity index is 554. The van der Waals surface area contributed by atoms with E-state index < -0.39 is 0 Å².